The molecule has 4 rings (SSSR count). The minimum atomic E-state index is -1.26. The van der Waals surface area contributed by atoms with Crippen LogP contribution < -0.4 is 20.5 Å². The Bertz CT molecular complexity index is 1150. The highest BCUT2D eigenvalue weighted by molar-refractivity contribution is 7.84. The Hall–Kier alpha value is -3.30. The fourth-order valence-corrected chi connectivity index (χ4v) is 4.37. The van der Waals surface area contributed by atoms with Crippen molar-refractivity contribution in [2.24, 2.45) is 0 Å². The van der Waals surface area contributed by atoms with Crippen molar-refractivity contribution in [3.05, 3.63) is 77.2 Å². The molecular weight excluding hydrogens is 454 g/mol. The van der Waals surface area contributed by atoms with Gasteiger partial charge in [0.05, 0.1) is 24.2 Å². The SMILES string of the molecule is O=C(CCS(=O)Cc1ccco1)NNC(=O)N1Cc2ccccc2Oc2ccc(Cl)cc21. The zero-order valence-electron chi connectivity index (χ0n) is 16.9. The molecule has 2 aromatic carbocycles. The molecule has 1 aliphatic rings. The van der Waals surface area contributed by atoms with Crippen LogP contribution in [0.3, 0.4) is 0 Å². The summed E-state index contributed by atoms with van der Waals surface area (Å²) < 4.78 is 23.2. The molecule has 0 radical (unpaired) electrons. The van der Waals surface area contributed by atoms with E-state index >= 15 is 0 Å². The number of carbonyl (C=O) groups excluding carboxylic acids is 2. The molecule has 0 fully saturated rings. The van der Waals surface area contributed by atoms with Gasteiger partial charge in [-0.25, -0.2) is 10.2 Å². The van der Waals surface area contributed by atoms with E-state index in [0.717, 1.165) is 5.56 Å². The Balaban J connectivity index is 1.38. The van der Waals surface area contributed by atoms with Crippen LogP contribution in [0.1, 0.15) is 17.7 Å². The van der Waals surface area contributed by atoms with E-state index in [0.29, 0.717) is 28.0 Å². The Morgan fingerprint density at radius 3 is 2.72 bits per heavy atom. The predicted octanol–water partition coefficient (Wildman–Crippen LogP) is 4.13. The number of nitrogens with zero attached hydrogens (tertiary/aromatic N) is 1. The molecule has 3 amide bonds. The van der Waals surface area contributed by atoms with Gasteiger partial charge in [-0.1, -0.05) is 29.8 Å². The highest BCUT2D eigenvalue weighted by Gasteiger charge is 2.26. The monoisotopic (exact) mass is 473 g/mol. The molecule has 1 atom stereocenters. The number of rotatable bonds is 5. The highest BCUT2D eigenvalue weighted by atomic mass is 35.5. The number of anilines is 1. The van der Waals surface area contributed by atoms with Crippen LogP contribution in [0.15, 0.2) is 65.3 Å². The van der Waals surface area contributed by atoms with E-state index in [9.17, 15) is 13.8 Å². The summed E-state index contributed by atoms with van der Waals surface area (Å²) in [5, 5.41) is 0.444. The maximum Gasteiger partial charge on any atom is 0.341 e. The summed E-state index contributed by atoms with van der Waals surface area (Å²) in [5.74, 6) is 1.62. The first-order valence-corrected chi connectivity index (χ1v) is 11.7. The topological polar surface area (TPSA) is 101 Å². The smallest absolute Gasteiger partial charge is 0.341 e. The average molecular weight is 474 g/mol. The molecule has 0 spiro atoms. The fourth-order valence-electron chi connectivity index (χ4n) is 3.16. The molecule has 0 aliphatic carbocycles. The lowest BCUT2D eigenvalue weighted by atomic mass is 10.2. The molecule has 32 heavy (non-hydrogen) atoms. The Morgan fingerprint density at radius 2 is 1.91 bits per heavy atom. The van der Waals surface area contributed by atoms with Crippen molar-refractivity contribution in [2.45, 2.75) is 18.7 Å². The predicted molar refractivity (Wildman–Crippen MR) is 121 cm³/mol. The van der Waals surface area contributed by atoms with Gasteiger partial charge in [0.25, 0.3) is 0 Å². The zero-order chi connectivity index (χ0) is 22.5. The maximum absolute atomic E-state index is 12.9. The minimum absolute atomic E-state index is 0.0119. The quantitative estimate of drug-likeness (QED) is 0.543. The third kappa shape index (κ3) is 5.30. The summed E-state index contributed by atoms with van der Waals surface area (Å²) in [6, 6.07) is 15.3. The Kier molecular flexibility index (Phi) is 6.77. The van der Waals surface area contributed by atoms with Crippen molar-refractivity contribution < 1.29 is 23.0 Å². The molecule has 0 saturated carbocycles. The van der Waals surface area contributed by atoms with Crippen molar-refractivity contribution >= 4 is 40.0 Å². The molecule has 10 heteroatoms. The molecule has 3 aromatic rings. The highest BCUT2D eigenvalue weighted by Crippen LogP contribution is 2.40. The van der Waals surface area contributed by atoms with E-state index in [1.807, 2.05) is 24.3 Å². The molecule has 166 valence electrons. The van der Waals surface area contributed by atoms with Gasteiger partial charge in [0.2, 0.25) is 5.91 Å². The van der Waals surface area contributed by atoms with E-state index in [-0.39, 0.29) is 24.5 Å². The van der Waals surface area contributed by atoms with Gasteiger partial charge in [-0.3, -0.25) is 19.3 Å². The molecule has 8 nitrogen and oxygen atoms in total. The van der Waals surface area contributed by atoms with E-state index in [4.69, 9.17) is 20.8 Å². The molecule has 0 saturated heterocycles. The Morgan fingerprint density at radius 1 is 1.06 bits per heavy atom. The molecule has 2 N–H and O–H groups in total. The molecule has 1 unspecified atom stereocenters. The molecule has 1 aromatic heterocycles. The normalized spacial score (nSPS) is 13.2. The van der Waals surface area contributed by atoms with E-state index in [2.05, 4.69) is 10.9 Å². The average Bonchev–Trinajstić information content (AvgIpc) is 3.23. The summed E-state index contributed by atoms with van der Waals surface area (Å²) in [5.41, 5.74) is 6.06. The van der Waals surface area contributed by atoms with Crippen LogP contribution in [0.25, 0.3) is 0 Å². The fraction of sp³-hybridized carbons (Fsp3) is 0.182. The number of nitrogens with one attached hydrogen (secondary N) is 2. The van der Waals surface area contributed by atoms with E-state index in [1.165, 1.54) is 11.2 Å². The third-order valence-corrected chi connectivity index (χ3v) is 6.23. The number of urea groups is 1. The first-order valence-electron chi connectivity index (χ1n) is 9.78. The van der Waals surface area contributed by atoms with Crippen molar-refractivity contribution in [2.75, 3.05) is 10.7 Å². The van der Waals surface area contributed by atoms with Crippen LogP contribution in [0.5, 0.6) is 11.5 Å². The van der Waals surface area contributed by atoms with Crippen molar-refractivity contribution in [3.8, 4) is 11.5 Å². The largest absolute Gasteiger partial charge is 0.468 e. The van der Waals surface area contributed by atoms with Gasteiger partial charge in [-0.05, 0) is 36.4 Å². The first-order chi connectivity index (χ1) is 15.5. The van der Waals surface area contributed by atoms with Gasteiger partial charge in [0.1, 0.15) is 11.5 Å². The van der Waals surface area contributed by atoms with Crippen molar-refractivity contribution in [3.63, 3.8) is 0 Å². The number of para-hydroxylation sites is 1. The number of hydrazine groups is 1. The van der Waals surface area contributed by atoms with Crippen LogP contribution in [0.4, 0.5) is 10.5 Å². The van der Waals surface area contributed by atoms with Crippen LogP contribution in [0, 0.1) is 0 Å². The number of fused-ring (bicyclic) bond motifs is 2. The standard InChI is InChI=1S/C22H20ClN3O5S/c23-16-7-8-20-18(12-16)26(13-15-4-1-2-6-19(15)31-20)22(28)25-24-21(27)9-11-32(29)14-17-5-3-10-30-17/h1-8,10,12H,9,11,13-14H2,(H,24,27)(H,25,28). The number of ether oxygens (including phenoxy) is 1. The lowest BCUT2D eigenvalue weighted by molar-refractivity contribution is -0.121. The van der Waals surface area contributed by atoms with E-state index in [1.54, 1.807) is 30.3 Å². The molecule has 1 aliphatic heterocycles. The second kappa shape index (κ2) is 9.88. The summed E-state index contributed by atoms with van der Waals surface area (Å²) >= 11 is 6.14. The van der Waals surface area contributed by atoms with Crippen LogP contribution in [0.2, 0.25) is 5.02 Å². The molecule has 0 bridgehead atoms. The van der Waals surface area contributed by atoms with Crippen molar-refractivity contribution in [1.82, 2.24) is 10.9 Å². The van der Waals surface area contributed by atoms with Crippen LogP contribution in [-0.4, -0.2) is 21.9 Å². The number of hydrogen-bond acceptors (Lipinski definition) is 5. The number of carbonyl (C=O) groups is 2. The first kappa shape index (κ1) is 21.9. The lowest BCUT2D eigenvalue weighted by Crippen LogP contribution is -2.48. The Labute approximate surface area is 191 Å². The van der Waals surface area contributed by atoms with Crippen molar-refractivity contribution in [1.29, 1.82) is 0 Å². The van der Waals surface area contributed by atoms with E-state index < -0.39 is 22.7 Å². The number of amides is 3. The second-order valence-electron chi connectivity index (χ2n) is 7.00. The number of furan rings is 1. The van der Waals surface area contributed by atoms with Gasteiger partial charge in [0, 0.05) is 33.6 Å². The minimum Gasteiger partial charge on any atom is -0.468 e. The second-order valence-corrected chi connectivity index (χ2v) is 9.02. The summed E-state index contributed by atoms with van der Waals surface area (Å²) in [4.78, 5) is 26.5. The maximum atomic E-state index is 12.9. The van der Waals surface area contributed by atoms with Gasteiger partial charge < -0.3 is 9.15 Å². The van der Waals surface area contributed by atoms with Crippen LogP contribution >= 0.6 is 11.6 Å². The number of halogens is 1. The van der Waals surface area contributed by atoms with Gasteiger partial charge in [-0.2, -0.15) is 0 Å². The zero-order valence-corrected chi connectivity index (χ0v) is 18.4. The lowest BCUT2D eigenvalue weighted by Gasteiger charge is -2.22. The summed E-state index contributed by atoms with van der Waals surface area (Å²) in [6.07, 6.45) is 1.49. The van der Waals surface area contributed by atoms with Gasteiger partial charge in [0.15, 0.2) is 5.75 Å². The third-order valence-electron chi connectivity index (χ3n) is 4.73. The number of benzene rings is 2. The summed E-state index contributed by atoms with van der Waals surface area (Å²) in [6.45, 7) is 0.221. The number of hydrogen-bond donors (Lipinski definition) is 2. The molecule has 2 heterocycles. The molecular formula is C22H20ClN3O5S. The van der Waals surface area contributed by atoms with Gasteiger partial charge >= 0.3 is 6.03 Å². The summed E-state index contributed by atoms with van der Waals surface area (Å²) in [7, 11) is -1.26. The van der Waals surface area contributed by atoms with Crippen LogP contribution in [-0.2, 0) is 27.9 Å². The van der Waals surface area contributed by atoms with Gasteiger partial charge in [-0.15, -0.1) is 0 Å².